The second-order valence-corrected chi connectivity index (χ2v) is 4.74. The molecule has 0 saturated carbocycles. The van der Waals surface area contributed by atoms with Crippen LogP contribution in [0.2, 0.25) is 0 Å². The highest BCUT2D eigenvalue weighted by Gasteiger charge is 2.08. The van der Waals surface area contributed by atoms with E-state index in [-0.39, 0.29) is 5.91 Å². The fourth-order valence-corrected chi connectivity index (χ4v) is 2.20. The number of rotatable bonds is 4. The fourth-order valence-electron chi connectivity index (χ4n) is 1.43. The fraction of sp³-hybridized carbons (Fsp3) is 0.462. The van der Waals surface area contributed by atoms with E-state index in [4.69, 9.17) is 5.73 Å². The van der Waals surface area contributed by atoms with E-state index in [9.17, 15) is 4.79 Å². The van der Waals surface area contributed by atoms with Gasteiger partial charge in [0.05, 0.1) is 11.4 Å². The standard InChI is InChI=1S/C13H18N2OS/c1-3-5-13(16)15(2)9-11-8-12(17-10-11)6-4-7-14/h8,10H,3,5,7,9,14H2,1-2H3. The number of thiophene rings is 1. The van der Waals surface area contributed by atoms with Crippen LogP contribution in [0.15, 0.2) is 11.4 Å². The molecule has 17 heavy (non-hydrogen) atoms. The maximum absolute atomic E-state index is 11.6. The van der Waals surface area contributed by atoms with Crippen LogP contribution in [0.3, 0.4) is 0 Å². The number of carbonyl (C=O) groups excluding carboxylic acids is 1. The Morgan fingerprint density at radius 1 is 1.59 bits per heavy atom. The van der Waals surface area contributed by atoms with Gasteiger partial charge >= 0.3 is 0 Å². The molecular formula is C13H18N2OS. The molecule has 4 heteroatoms. The summed E-state index contributed by atoms with van der Waals surface area (Å²) in [6, 6.07) is 2.02. The molecule has 0 aromatic carbocycles. The number of carbonyl (C=O) groups is 1. The molecule has 0 spiro atoms. The quantitative estimate of drug-likeness (QED) is 0.829. The third-order valence-corrected chi connectivity index (χ3v) is 3.17. The molecule has 92 valence electrons. The minimum atomic E-state index is 0.188. The molecule has 0 aliphatic heterocycles. The van der Waals surface area contributed by atoms with E-state index in [2.05, 4.69) is 11.8 Å². The molecule has 1 aromatic rings. The Hall–Kier alpha value is -1.31. The van der Waals surface area contributed by atoms with Crippen LogP contribution >= 0.6 is 11.3 Å². The lowest BCUT2D eigenvalue weighted by atomic mass is 10.2. The van der Waals surface area contributed by atoms with Crippen LogP contribution in [0.25, 0.3) is 0 Å². The summed E-state index contributed by atoms with van der Waals surface area (Å²) in [5, 5.41) is 2.04. The van der Waals surface area contributed by atoms with Crippen molar-refractivity contribution in [1.29, 1.82) is 0 Å². The maximum Gasteiger partial charge on any atom is 0.222 e. The molecule has 0 aliphatic rings. The second-order valence-electron chi connectivity index (χ2n) is 3.82. The van der Waals surface area contributed by atoms with E-state index in [0.717, 1.165) is 16.9 Å². The molecule has 0 saturated heterocycles. The van der Waals surface area contributed by atoms with Crippen LogP contribution in [0.4, 0.5) is 0 Å². The van der Waals surface area contributed by atoms with Crippen LogP contribution in [0, 0.1) is 11.8 Å². The topological polar surface area (TPSA) is 46.3 Å². The molecular weight excluding hydrogens is 232 g/mol. The van der Waals surface area contributed by atoms with Crippen molar-refractivity contribution < 1.29 is 4.79 Å². The summed E-state index contributed by atoms with van der Waals surface area (Å²) in [6.07, 6.45) is 1.50. The van der Waals surface area contributed by atoms with Crippen LogP contribution in [-0.4, -0.2) is 24.4 Å². The maximum atomic E-state index is 11.6. The number of amides is 1. The second kappa shape index (κ2) is 7.10. The SMILES string of the molecule is CCCC(=O)N(C)Cc1csc(C#CCN)c1. The van der Waals surface area contributed by atoms with Gasteiger partial charge in [0.25, 0.3) is 0 Å². The van der Waals surface area contributed by atoms with Crippen molar-refractivity contribution in [2.24, 2.45) is 5.73 Å². The van der Waals surface area contributed by atoms with Crippen molar-refractivity contribution in [2.45, 2.75) is 26.3 Å². The number of hydrogen-bond donors (Lipinski definition) is 1. The molecule has 0 radical (unpaired) electrons. The molecule has 2 N–H and O–H groups in total. The largest absolute Gasteiger partial charge is 0.341 e. The monoisotopic (exact) mass is 250 g/mol. The van der Waals surface area contributed by atoms with Crippen molar-refractivity contribution >= 4 is 17.2 Å². The van der Waals surface area contributed by atoms with Crippen LogP contribution in [-0.2, 0) is 11.3 Å². The predicted octanol–water partition coefficient (Wildman–Crippen LogP) is 1.82. The van der Waals surface area contributed by atoms with Gasteiger partial charge < -0.3 is 10.6 Å². The summed E-state index contributed by atoms with van der Waals surface area (Å²) in [5.74, 6) is 6.00. The first-order valence-electron chi connectivity index (χ1n) is 5.67. The predicted molar refractivity (Wildman–Crippen MR) is 71.6 cm³/mol. The highest BCUT2D eigenvalue weighted by Crippen LogP contribution is 2.15. The van der Waals surface area contributed by atoms with Gasteiger partial charge in [-0.3, -0.25) is 4.79 Å². The van der Waals surface area contributed by atoms with Crippen molar-refractivity contribution in [3.05, 3.63) is 21.9 Å². The smallest absolute Gasteiger partial charge is 0.222 e. The highest BCUT2D eigenvalue weighted by atomic mass is 32.1. The molecule has 0 fully saturated rings. The van der Waals surface area contributed by atoms with E-state index in [0.29, 0.717) is 19.5 Å². The van der Waals surface area contributed by atoms with E-state index in [1.807, 2.05) is 25.4 Å². The molecule has 1 rings (SSSR count). The lowest BCUT2D eigenvalue weighted by molar-refractivity contribution is -0.130. The van der Waals surface area contributed by atoms with E-state index >= 15 is 0 Å². The van der Waals surface area contributed by atoms with Gasteiger partial charge in [0.15, 0.2) is 0 Å². The van der Waals surface area contributed by atoms with Crippen molar-refractivity contribution in [1.82, 2.24) is 4.90 Å². The van der Waals surface area contributed by atoms with Gasteiger partial charge in [-0.25, -0.2) is 0 Å². The lowest BCUT2D eigenvalue weighted by Crippen LogP contribution is -2.25. The number of nitrogens with zero attached hydrogens (tertiary/aromatic N) is 1. The van der Waals surface area contributed by atoms with Crippen LogP contribution in [0.5, 0.6) is 0 Å². The number of nitrogens with two attached hydrogens (primary N) is 1. The first kappa shape index (κ1) is 13.8. The minimum absolute atomic E-state index is 0.188. The van der Waals surface area contributed by atoms with E-state index in [1.54, 1.807) is 16.2 Å². The zero-order valence-corrected chi connectivity index (χ0v) is 11.1. The Labute approximate surface area is 107 Å². The van der Waals surface area contributed by atoms with Crippen molar-refractivity contribution in [3.63, 3.8) is 0 Å². The van der Waals surface area contributed by atoms with Gasteiger partial charge in [0.1, 0.15) is 0 Å². The number of hydrogen-bond acceptors (Lipinski definition) is 3. The van der Waals surface area contributed by atoms with Gasteiger partial charge in [-0.15, -0.1) is 11.3 Å². The normalized spacial score (nSPS) is 9.59. The average molecular weight is 250 g/mol. The van der Waals surface area contributed by atoms with Crippen molar-refractivity contribution in [2.75, 3.05) is 13.6 Å². The Balaban J connectivity index is 2.57. The first-order chi connectivity index (χ1) is 8.17. The minimum Gasteiger partial charge on any atom is -0.341 e. The summed E-state index contributed by atoms with van der Waals surface area (Å²) in [6.45, 7) is 3.04. The molecule has 0 unspecified atom stereocenters. The third-order valence-electron chi connectivity index (χ3n) is 2.28. The van der Waals surface area contributed by atoms with Gasteiger partial charge in [0, 0.05) is 20.0 Å². The molecule has 0 bridgehead atoms. The molecule has 1 aromatic heterocycles. The molecule has 1 amide bonds. The Kier molecular flexibility index (Phi) is 5.75. The molecule has 3 nitrogen and oxygen atoms in total. The summed E-state index contributed by atoms with van der Waals surface area (Å²) in [7, 11) is 1.83. The zero-order chi connectivity index (χ0) is 12.7. The van der Waals surface area contributed by atoms with E-state index in [1.165, 1.54) is 0 Å². The Morgan fingerprint density at radius 2 is 2.35 bits per heavy atom. The first-order valence-corrected chi connectivity index (χ1v) is 6.55. The Bertz CT molecular complexity index is 428. The van der Waals surface area contributed by atoms with E-state index < -0.39 is 0 Å². The molecule has 0 atom stereocenters. The van der Waals surface area contributed by atoms with Gasteiger partial charge in [0.2, 0.25) is 5.91 Å². The summed E-state index contributed by atoms with van der Waals surface area (Å²) in [5.41, 5.74) is 6.44. The van der Waals surface area contributed by atoms with Gasteiger partial charge in [-0.1, -0.05) is 18.8 Å². The van der Waals surface area contributed by atoms with Crippen molar-refractivity contribution in [3.8, 4) is 11.8 Å². The van der Waals surface area contributed by atoms with Crippen LogP contribution in [0.1, 0.15) is 30.2 Å². The summed E-state index contributed by atoms with van der Waals surface area (Å²) >= 11 is 1.59. The highest BCUT2D eigenvalue weighted by molar-refractivity contribution is 7.10. The summed E-state index contributed by atoms with van der Waals surface area (Å²) in [4.78, 5) is 14.4. The molecule has 1 heterocycles. The lowest BCUT2D eigenvalue weighted by Gasteiger charge is -2.15. The zero-order valence-electron chi connectivity index (χ0n) is 10.3. The average Bonchev–Trinajstić information content (AvgIpc) is 2.74. The molecule has 0 aliphatic carbocycles. The summed E-state index contributed by atoms with van der Waals surface area (Å²) < 4.78 is 0. The van der Waals surface area contributed by atoms with Crippen LogP contribution < -0.4 is 5.73 Å². The van der Waals surface area contributed by atoms with Gasteiger partial charge in [-0.05, 0) is 23.4 Å². The van der Waals surface area contributed by atoms with Gasteiger partial charge in [-0.2, -0.15) is 0 Å². The third kappa shape index (κ3) is 4.59. The Morgan fingerprint density at radius 3 is 3.00 bits per heavy atom.